The molecule has 1 aromatic heterocycles. The number of nitrogens with zero attached hydrogens (tertiary/aromatic N) is 2. The predicted molar refractivity (Wildman–Crippen MR) is 65.7 cm³/mol. The molecule has 1 aromatic rings. The molecule has 0 saturated carbocycles. The molecule has 0 saturated heterocycles. The summed E-state index contributed by atoms with van der Waals surface area (Å²) >= 11 is 1.41. The maximum Gasteiger partial charge on any atom is 0.234 e. The Kier molecular flexibility index (Phi) is 4.82. The largest absolute Gasteiger partial charge is 0.396 e. The summed E-state index contributed by atoms with van der Waals surface area (Å²) in [4.78, 5) is 11.6. The molecule has 0 aliphatic rings. The van der Waals surface area contributed by atoms with E-state index in [1.165, 1.54) is 11.8 Å². The van der Waals surface area contributed by atoms with Crippen LogP contribution in [0.1, 0.15) is 11.4 Å². The number of hydrogen-bond donors (Lipinski definition) is 2. The second-order valence-electron chi connectivity index (χ2n) is 3.49. The standard InChI is InChI=1S/C10H17N3O2S/c1-7-10(8(2)13(3)12-7)11-9(15)6-16-5-4-14/h14H,4-6H2,1-3H3,(H,11,15). The lowest BCUT2D eigenvalue weighted by molar-refractivity contribution is -0.113. The number of rotatable bonds is 5. The Morgan fingerprint density at radius 2 is 2.25 bits per heavy atom. The number of anilines is 1. The second kappa shape index (κ2) is 5.91. The Hall–Kier alpha value is -1.01. The minimum absolute atomic E-state index is 0.0577. The third kappa shape index (κ3) is 3.24. The van der Waals surface area contributed by atoms with Gasteiger partial charge in [-0.05, 0) is 13.8 Å². The smallest absolute Gasteiger partial charge is 0.234 e. The molecular weight excluding hydrogens is 226 g/mol. The van der Waals surface area contributed by atoms with Gasteiger partial charge in [-0.1, -0.05) is 0 Å². The zero-order valence-electron chi connectivity index (χ0n) is 9.78. The Balaban J connectivity index is 2.56. The van der Waals surface area contributed by atoms with E-state index in [1.54, 1.807) is 4.68 Å². The molecule has 0 aliphatic carbocycles. The van der Waals surface area contributed by atoms with Crippen LogP contribution in [0.25, 0.3) is 0 Å². The fourth-order valence-electron chi connectivity index (χ4n) is 1.36. The Labute approximate surface area is 99.2 Å². The van der Waals surface area contributed by atoms with Gasteiger partial charge >= 0.3 is 0 Å². The molecule has 0 aliphatic heterocycles. The number of carbonyl (C=O) groups excluding carboxylic acids is 1. The number of aryl methyl sites for hydroxylation is 2. The van der Waals surface area contributed by atoms with Crippen molar-refractivity contribution in [2.75, 3.05) is 23.4 Å². The summed E-state index contributed by atoms with van der Waals surface area (Å²) in [5.74, 6) is 0.880. The van der Waals surface area contributed by atoms with E-state index in [0.717, 1.165) is 17.1 Å². The highest BCUT2D eigenvalue weighted by atomic mass is 32.2. The van der Waals surface area contributed by atoms with E-state index in [1.807, 2.05) is 20.9 Å². The van der Waals surface area contributed by atoms with Crippen molar-refractivity contribution in [3.63, 3.8) is 0 Å². The van der Waals surface area contributed by atoms with Gasteiger partial charge in [0.05, 0.1) is 29.4 Å². The van der Waals surface area contributed by atoms with Crippen LogP contribution in [0.3, 0.4) is 0 Å². The molecule has 0 atom stereocenters. The van der Waals surface area contributed by atoms with E-state index in [4.69, 9.17) is 5.11 Å². The van der Waals surface area contributed by atoms with Crippen LogP contribution in [0.2, 0.25) is 0 Å². The lowest BCUT2D eigenvalue weighted by Crippen LogP contribution is -2.15. The van der Waals surface area contributed by atoms with Gasteiger partial charge in [-0.2, -0.15) is 5.10 Å². The Morgan fingerprint density at radius 1 is 1.56 bits per heavy atom. The molecule has 0 bridgehead atoms. The van der Waals surface area contributed by atoms with Crippen molar-refractivity contribution in [3.05, 3.63) is 11.4 Å². The maximum atomic E-state index is 11.6. The van der Waals surface area contributed by atoms with E-state index in [0.29, 0.717) is 11.5 Å². The number of thioether (sulfide) groups is 1. The number of aromatic nitrogens is 2. The third-order valence-electron chi connectivity index (χ3n) is 2.24. The minimum atomic E-state index is -0.0577. The van der Waals surface area contributed by atoms with Gasteiger partial charge in [0, 0.05) is 12.8 Å². The maximum absolute atomic E-state index is 11.6. The summed E-state index contributed by atoms with van der Waals surface area (Å²) < 4.78 is 1.74. The van der Waals surface area contributed by atoms with Gasteiger partial charge in [0.25, 0.3) is 0 Å². The van der Waals surface area contributed by atoms with Crippen LogP contribution in [0.5, 0.6) is 0 Å². The van der Waals surface area contributed by atoms with E-state index in [9.17, 15) is 4.79 Å². The predicted octanol–water partition coefficient (Wildman–Crippen LogP) is 0.701. The number of carbonyl (C=O) groups is 1. The number of nitrogens with one attached hydrogen (secondary N) is 1. The molecule has 0 unspecified atom stereocenters. The number of aliphatic hydroxyl groups excluding tert-OH is 1. The fraction of sp³-hybridized carbons (Fsp3) is 0.600. The second-order valence-corrected chi connectivity index (χ2v) is 4.60. The van der Waals surface area contributed by atoms with Crippen molar-refractivity contribution >= 4 is 23.4 Å². The first-order chi connectivity index (χ1) is 7.56. The molecule has 2 N–H and O–H groups in total. The molecule has 1 heterocycles. The highest BCUT2D eigenvalue weighted by Crippen LogP contribution is 2.18. The quantitative estimate of drug-likeness (QED) is 0.747. The average Bonchev–Trinajstić information content (AvgIpc) is 2.46. The first kappa shape index (κ1) is 13.1. The topological polar surface area (TPSA) is 67.2 Å². The van der Waals surface area contributed by atoms with Gasteiger partial charge in [0.2, 0.25) is 5.91 Å². The van der Waals surface area contributed by atoms with E-state index in [2.05, 4.69) is 10.4 Å². The summed E-state index contributed by atoms with van der Waals surface area (Å²) in [6, 6.07) is 0. The van der Waals surface area contributed by atoms with Crippen LogP contribution in [0.15, 0.2) is 0 Å². The molecule has 5 nitrogen and oxygen atoms in total. The lowest BCUT2D eigenvalue weighted by atomic mass is 10.3. The fourth-order valence-corrected chi connectivity index (χ4v) is 1.89. The van der Waals surface area contributed by atoms with Gasteiger partial charge in [-0.15, -0.1) is 11.8 Å². The van der Waals surface area contributed by atoms with Crippen LogP contribution >= 0.6 is 11.8 Å². The highest BCUT2D eigenvalue weighted by molar-refractivity contribution is 7.99. The molecular formula is C10H17N3O2S. The molecule has 1 amide bonds. The molecule has 0 radical (unpaired) electrons. The Morgan fingerprint density at radius 3 is 2.75 bits per heavy atom. The Bertz CT molecular complexity index is 376. The van der Waals surface area contributed by atoms with E-state index < -0.39 is 0 Å². The van der Waals surface area contributed by atoms with Gasteiger partial charge < -0.3 is 10.4 Å². The van der Waals surface area contributed by atoms with Gasteiger partial charge in [0.1, 0.15) is 0 Å². The van der Waals surface area contributed by atoms with Crippen molar-refractivity contribution in [2.24, 2.45) is 7.05 Å². The molecule has 1 rings (SSSR count). The first-order valence-corrected chi connectivity index (χ1v) is 6.20. The SMILES string of the molecule is Cc1nn(C)c(C)c1NC(=O)CSCCO. The van der Waals surface area contributed by atoms with Crippen molar-refractivity contribution in [3.8, 4) is 0 Å². The van der Waals surface area contributed by atoms with Crippen molar-refractivity contribution in [2.45, 2.75) is 13.8 Å². The van der Waals surface area contributed by atoms with Gasteiger partial charge in [-0.3, -0.25) is 9.48 Å². The number of amides is 1. The summed E-state index contributed by atoms with van der Waals surface area (Å²) in [5, 5.41) is 15.6. The summed E-state index contributed by atoms with van der Waals surface area (Å²) in [6.45, 7) is 3.88. The van der Waals surface area contributed by atoms with E-state index in [-0.39, 0.29) is 12.5 Å². The molecule has 16 heavy (non-hydrogen) atoms. The van der Waals surface area contributed by atoms with Crippen molar-refractivity contribution in [1.29, 1.82) is 0 Å². The molecule has 90 valence electrons. The highest BCUT2D eigenvalue weighted by Gasteiger charge is 2.11. The molecule has 6 heteroatoms. The normalized spacial score (nSPS) is 10.5. The average molecular weight is 243 g/mol. The molecule has 0 aromatic carbocycles. The zero-order valence-corrected chi connectivity index (χ0v) is 10.6. The zero-order chi connectivity index (χ0) is 12.1. The third-order valence-corrected chi connectivity index (χ3v) is 3.18. The van der Waals surface area contributed by atoms with Gasteiger partial charge in [0.15, 0.2) is 0 Å². The van der Waals surface area contributed by atoms with Crippen molar-refractivity contribution < 1.29 is 9.90 Å². The number of aliphatic hydroxyl groups is 1. The number of hydrogen-bond acceptors (Lipinski definition) is 4. The van der Waals surface area contributed by atoms with Crippen LogP contribution in [0, 0.1) is 13.8 Å². The molecule has 0 fully saturated rings. The van der Waals surface area contributed by atoms with Crippen LogP contribution in [-0.4, -0.2) is 38.9 Å². The van der Waals surface area contributed by atoms with E-state index >= 15 is 0 Å². The first-order valence-electron chi connectivity index (χ1n) is 5.05. The van der Waals surface area contributed by atoms with Crippen LogP contribution in [-0.2, 0) is 11.8 Å². The summed E-state index contributed by atoms with van der Waals surface area (Å²) in [6.07, 6.45) is 0. The summed E-state index contributed by atoms with van der Waals surface area (Å²) in [7, 11) is 1.85. The van der Waals surface area contributed by atoms with Gasteiger partial charge in [-0.25, -0.2) is 0 Å². The van der Waals surface area contributed by atoms with Crippen LogP contribution in [0.4, 0.5) is 5.69 Å². The summed E-state index contributed by atoms with van der Waals surface area (Å²) in [5.41, 5.74) is 2.55. The minimum Gasteiger partial charge on any atom is -0.396 e. The lowest BCUT2D eigenvalue weighted by Gasteiger charge is -2.04. The van der Waals surface area contributed by atoms with Crippen LogP contribution < -0.4 is 5.32 Å². The van der Waals surface area contributed by atoms with Crippen molar-refractivity contribution in [1.82, 2.24) is 9.78 Å². The monoisotopic (exact) mass is 243 g/mol. The molecule has 0 spiro atoms.